The van der Waals surface area contributed by atoms with Gasteiger partial charge in [-0.3, -0.25) is 13.9 Å². The van der Waals surface area contributed by atoms with E-state index in [-0.39, 0.29) is 18.5 Å². The summed E-state index contributed by atoms with van der Waals surface area (Å²) in [6.45, 7) is 8.98. The number of amides is 2. The van der Waals surface area contributed by atoms with E-state index in [2.05, 4.69) is 5.32 Å². The van der Waals surface area contributed by atoms with Gasteiger partial charge in [0, 0.05) is 12.6 Å². The zero-order chi connectivity index (χ0) is 26.3. The van der Waals surface area contributed by atoms with Crippen LogP contribution in [0.2, 0.25) is 0 Å². The molecular formula is C26H37N3O5S. The second-order valence-electron chi connectivity index (χ2n) is 8.98. The van der Waals surface area contributed by atoms with Crippen molar-refractivity contribution in [2.24, 2.45) is 0 Å². The maximum absolute atomic E-state index is 13.6. The van der Waals surface area contributed by atoms with Crippen LogP contribution in [0.4, 0.5) is 5.69 Å². The van der Waals surface area contributed by atoms with E-state index in [9.17, 15) is 18.0 Å². The average molecular weight is 504 g/mol. The fourth-order valence-electron chi connectivity index (χ4n) is 3.68. The Morgan fingerprint density at radius 1 is 1.03 bits per heavy atom. The summed E-state index contributed by atoms with van der Waals surface area (Å²) >= 11 is 0. The third-order valence-electron chi connectivity index (χ3n) is 5.85. The summed E-state index contributed by atoms with van der Waals surface area (Å²) < 4.78 is 31.7. The van der Waals surface area contributed by atoms with Crippen LogP contribution in [0, 0.1) is 13.8 Å². The summed E-state index contributed by atoms with van der Waals surface area (Å²) in [4.78, 5) is 27.9. The van der Waals surface area contributed by atoms with Gasteiger partial charge in [-0.2, -0.15) is 0 Å². The van der Waals surface area contributed by atoms with Crippen LogP contribution in [0.15, 0.2) is 42.5 Å². The zero-order valence-corrected chi connectivity index (χ0v) is 22.5. The highest BCUT2D eigenvalue weighted by molar-refractivity contribution is 7.92. The Kier molecular flexibility index (Phi) is 9.71. The molecule has 0 fully saturated rings. The number of aryl methyl sites for hydroxylation is 2. The van der Waals surface area contributed by atoms with Crippen molar-refractivity contribution in [2.75, 3.05) is 24.2 Å². The molecule has 0 saturated carbocycles. The SMILES string of the molecule is CCC(C)NC(=O)C(C)N(Cc1ccc(OC)cc1)C(=O)CN(c1cc(C)cc(C)c1)S(C)(=O)=O. The monoisotopic (exact) mass is 503 g/mol. The molecule has 0 heterocycles. The Hall–Kier alpha value is -3.07. The molecule has 0 aromatic heterocycles. The normalized spacial score (nSPS) is 13.0. The van der Waals surface area contributed by atoms with Gasteiger partial charge in [-0.15, -0.1) is 0 Å². The molecule has 9 heteroatoms. The van der Waals surface area contributed by atoms with E-state index in [0.29, 0.717) is 11.4 Å². The summed E-state index contributed by atoms with van der Waals surface area (Å²) in [7, 11) is -2.19. The van der Waals surface area contributed by atoms with Crippen molar-refractivity contribution in [3.05, 3.63) is 59.2 Å². The molecule has 0 aliphatic heterocycles. The maximum atomic E-state index is 13.6. The predicted molar refractivity (Wildman–Crippen MR) is 139 cm³/mol. The molecule has 0 aliphatic carbocycles. The molecule has 2 aromatic rings. The Morgan fingerprint density at radius 3 is 2.09 bits per heavy atom. The van der Waals surface area contributed by atoms with Crippen LogP contribution in [0.1, 0.15) is 43.9 Å². The lowest BCUT2D eigenvalue weighted by molar-refractivity contribution is -0.139. The van der Waals surface area contributed by atoms with Gasteiger partial charge in [-0.25, -0.2) is 8.42 Å². The molecule has 2 atom stereocenters. The van der Waals surface area contributed by atoms with E-state index < -0.39 is 28.5 Å². The molecule has 2 unspecified atom stereocenters. The summed E-state index contributed by atoms with van der Waals surface area (Å²) in [6, 6.07) is 11.7. The van der Waals surface area contributed by atoms with Crippen LogP contribution in [-0.2, 0) is 26.2 Å². The maximum Gasteiger partial charge on any atom is 0.244 e. The third kappa shape index (κ3) is 7.99. The number of nitrogens with zero attached hydrogens (tertiary/aromatic N) is 2. The van der Waals surface area contributed by atoms with Gasteiger partial charge in [0.25, 0.3) is 0 Å². The predicted octanol–water partition coefficient (Wildman–Crippen LogP) is 3.41. The lowest BCUT2D eigenvalue weighted by Gasteiger charge is -2.32. The molecule has 2 amide bonds. The Labute approximate surface area is 209 Å². The number of benzene rings is 2. The van der Waals surface area contributed by atoms with E-state index in [0.717, 1.165) is 33.7 Å². The van der Waals surface area contributed by atoms with Crippen molar-refractivity contribution >= 4 is 27.5 Å². The number of carbonyl (C=O) groups is 2. The first kappa shape index (κ1) is 28.2. The molecule has 0 spiro atoms. The number of hydrogen-bond donors (Lipinski definition) is 1. The van der Waals surface area contributed by atoms with E-state index in [1.54, 1.807) is 38.3 Å². The molecule has 0 saturated heterocycles. The van der Waals surface area contributed by atoms with E-state index in [4.69, 9.17) is 4.74 Å². The smallest absolute Gasteiger partial charge is 0.244 e. The first-order valence-electron chi connectivity index (χ1n) is 11.6. The summed E-state index contributed by atoms with van der Waals surface area (Å²) in [5.74, 6) is -0.0945. The molecule has 0 radical (unpaired) electrons. The average Bonchev–Trinajstić information content (AvgIpc) is 2.79. The van der Waals surface area contributed by atoms with Crippen molar-refractivity contribution < 1.29 is 22.7 Å². The van der Waals surface area contributed by atoms with Crippen LogP contribution in [0.25, 0.3) is 0 Å². The molecule has 2 aromatic carbocycles. The largest absolute Gasteiger partial charge is 0.497 e. The van der Waals surface area contributed by atoms with Crippen LogP contribution >= 0.6 is 0 Å². The number of hydrogen-bond acceptors (Lipinski definition) is 5. The third-order valence-corrected chi connectivity index (χ3v) is 6.99. The minimum atomic E-state index is -3.76. The van der Waals surface area contributed by atoms with Crippen LogP contribution in [-0.4, -0.2) is 57.1 Å². The second-order valence-corrected chi connectivity index (χ2v) is 10.9. The van der Waals surface area contributed by atoms with Gasteiger partial charge in [0.05, 0.1) is 19.1 Å². The lowest BCUT2D eigenvalue weighted by Crippen LogP contribution is -2.52. The molecule has 0 bridgehead atoms. The molecule has 1 N–H and O–H groups in total. The van der Waals surface area contributed by atoms with Crippen LogP contribution in [0.3, 0.4) is 0 Å². The number of anilines is 1. The summed E-state index contributed by atoms with van der Waals surface area (Å²) in [6.07, 6.45) is 1.82. The molecule has 35 heavy (non-hydrogen) atoms. The van der Waals surface area contributed by atoms with Gasteiger partial charge < -0.3 is 15.0 Å². The van der Waals surface area contributed by atoms with Crippen molar-refractivity contribution in [3.8, 4) is 5.75 Å². The molecule has 192 valence electrons. The Morgan fingerprint density at radius 2 is 1.60 bits per heavy atom. The number of rotatable bonds is 11. The summed E-state index contributed by atoms with van der Waals surface area (Å²) in [5, 5.41) is 2.91. The van der Waals surface area contributed by atoms with Gasteiger partial charge in [-0.1, -0.05) is 25.1 Å². The second kappa shape index (κ2) is 12.1. The standard InChI is InChI=1S/C26H37N3O5S/c1-8-20(4)27-26(31)21(5)28(16-22-9-11-24(34-6)12-10-22)25(30)17-29(35(7,32)33)23-14-18(2)13-19(3)15-23/h9-15,20-21H,8,16-17H2,1-7H3,(H,27,31). The highest BCUT2D eigenvalue weighted by Gasteiger charge is 2.30. The zero-order valence-electron chi connectivity index (χ0n) is 21.7. The molecular weight excluding hydrogens is 466 g/mol. The minimum absolute atomic E-state index is 0.0503. The Bertz CT molecular complexity index is 1110. The van der Waals surface area contributed by atoms with Gasteiger partial charge in [0.2, 0.25) is 21.8 Å². The topological polar surface area (TPSA) is 96.0 Å². The van der Waals surface area contributed by atoms with Gasteiger partial charge in [-0.05, 0) is 75.1 Å². The fraction of sp³-hybridized carbons (Fsp3) is 0.462. The van der Waals surface area contributed by atoms with Crippen LogP contribution in [0.5, 0.6) is 5.75 Å². The molecule has 8 nitrogen and oxygen atoms in total. The number of carbonyl (C=O) groups excluding carboxylic acids is 2. The lowest BCUT2D eigenvalue weighted by atomic mass is 10.1. The Balaban J connectivity index is 2.41. The van der Waals surface area contributed by atoms with Gasteiger partial charge in [0.15, 0.2) is 0 Å². The highest BCUT2D eigenvalue weighted by Crippen LogP contribution is 2.22. The van der Waals surface area contributed by atoms with E-state index >= 15 is 0 Å². The van der Waals surface area contributed by atoms with E-state index in [1.807, 2.05) is 45.9 Å². The van der Waals surface area contributed by atoms with Crippen molar-refractivity contribution in [2.45, 2.75) is 59.7 Å². The number of nitrogens with one attached hydrogen (secondary N) is 1. The van der Waals surface area contributed by atoms with Gasteiger partial charge >= 0.3 is 0 Å². The van der Waals surface area contributed by atoms with Crippen LogP contribution < -0.4 is 14.4 Å². The first-order chi connectivity index (χ1) is 16.3. The first-order valence-corrected chi connectivity index (χ1v) is 13.5. The molecule has 2 rings (SSSR count). The van der Waals surface area contributed by atoms with Crippen molar-refractivity contribution in [1.82, 2.24) is 10.2 Å². The fourth-order valence-corrected chi connectivity index (χ4v) is 4.52. The minimum Gasteiger partial charge on any atom is -0.497 e. The highest BCUT2D eigenvalue weighted by atomic mass is 32.2. The van der Waals surface area contributed by atoms with Crippen molar-refractivity contribution in [1.29, 1.82) is 0 Å². The number of sulfonamides is 1. The van der Waals surface area contributed by atoms with Crippen molar-refractivity contribution in [3.63, 3.8) is 0 Å². The van der Waals surface area contributed by atoms with E-state index in [1.165, 1.54) is 4.90 Å². The summed E-state index contributed by atoms with van der Waals surface area (Å²) in [5.41, 5.74) is 2.98. The quantitative estimate of drug-likeness (QED) is 0.507. The number of ether oxygens (including phenoxy) is 1. The molecule has 0 aliphatic rings. The van der Waals surface area contributed by atoms with Gasteiger partial charge in [0.1, 0.15) is 18.3 Å². The number of methoxy groups -OCH3 is 1.